The van der Waals surface area contributed by atoms with Crippen LogP contribution < -0.4 is 0 Å². The fourth-order valence-corrected chi connectivity index (χ4v) is 6.46. The Morgan fingerprint density at radius 1 is 0.462 bits per heavy atom. The Balaban J connectivity index is 4.36. The summed E-state index contributed by atoms with van der Waals surface area (Å²) in [6, 6.07) is 0. The van der Waals surface area contributed by atoms with Crippen LogP contribution in [0.15, 0.2) is 97.2 Å². The van der Waals surface area contributed by atoms with Crippen molar-refractivity contribution >= 4 is 17.9 Å². The zero-order valence-corrected chi connectivity index (χ0v) is 41.9. The molecule has 0 radical (unpaired) electrons. The van der Waals surface area contributed by atoms with Crippen LogP contribution in [0.1, 0.15) is 181 Å². The molecular weight excluding hydrogens is 815 g/mol. The SMILES string of the molecule is CC/C=C\C/C=C\C/C=C\C/C=C\C/C=C\CCCCCCCCCCCC(=O)OC(COC(=O)CCCCCCC/C=C\C/C=C\C/C=C\CC)COC(OCC[N+](C)(C)C)C(=O)O. The minimum absolute atomic E-state index is 0.178. The molecule has 0 heterocycles. The predicted molar refractivity (Wildman–Crippen MR) is 272 cm³/mol. The minimum atomic E-state index is -1.52. The molecule has 0 spiro atoms. The second-order valence-corrected chi connectivity index (χ2v) is 17.7. The van der Waals surface area contributed by atoms with Crippen molar-refractivity contribution in [3.63, 3.8) is 0 Å². The summed E-state index contributed by atoms with van der Waals surface area (Å²) in [5.74, 6) is -2.05. The summed E-state index contributed by atoms with van der Waals surface area (Å²) >= 11 is 0. The van der Waals surface area contributed by atoms with Crippen LogP contribution in [0.4, 0.5) is 0 Å². The highest BCUT2D eigenvalue weighted by Crippen LogP contribution is 2.14. The summed E-state index contributed by atoms with van der Waals surface area (Å²) in [6.45, 7) is 4.60. The molecule has 2 unspecified atom stereocenters. The van der Waals surface area contributed by atoms with Crippen LogP contribution in [0, 0.1) is 0 Å². The summed E-state index contributed by atoms with van der Waals surface area (Å²) in [7, 11) is 5.94. The van der Waals surface area contributed by atoms with Crippen LogP contribution in [0.3, 0.4) is 0 Å². The van der Waals surface area contributed by atoms with Gasteiger partial charge >= 0.3 is 17.9 Å². The van der Waals surface area contributed by atoms with Crippen LogP contribution in [-0.4, -0.2) is 87.4 Å². The number of carboxylic acids is 1. The van der Waals surface area contributed by atoms with Crippen molar-refractivity contribution in [3.05, 3.63) is 97.2 Å². The number of rotatable bonds is 45. The monoisotopic (exact) mass is 909 g/mol. The van der Waals surface area contributed by atoms with Gasteiger partial charge in [0.25, 0.3) is 6.29 Å². The number of hydrogen-bond donors (Lipinski definition) is 1. The highest BCUT2D eigenvalue weighted by molar-refractivity contribution is 5.71. The molecule has 0 fully saturated rings. The lowest BCUT2D eigenvalue weighted by Crippen LogP contribution is -2.40. The quantitative estimate of drug-likeness (QED) is 0.0212. The highest BCUT2D eigenvalue weighted by Gasteiger charge is 2.25. The number of carbonyl (C=O) groups excluding carboxylic acids is 2. The van der Waals surface area contributed by atoms with Crippen molar-refractivity contribution in [1.82, 2.24) is 0 Å². The fraction of sp³-hybridized carbons (Fsp3) is 0.661. The number of carbonyl (C=O) groups is 3. The van der Waals surface area contributed by atoms with Gasteiger partial charge in [-0.2, -0.15) is 0 Å². The van der Waals surface area contributed by atoms with Crippen LogP contribution in [-0.2, 0) is 33.3 Å². The van der Waals surface area contributed by atoms with Crippen molar-refractivity contribution in [3.8, 4) is 0 Å². The van der Waals surface area contributed by atoms with E-state index in [-0.39, 0.29) is 38.6 Å². The Morgan fingerprint density at radius 3 is 1.23 bits per heavy atom. The van der Waals surface area contributed by atoms with Crippen LogP contribution >= 0.6 is 0 Å². The molecule has 0 aromatic rings. The van der Waals surface area contributed by atoms with Crippen molar-refractivity contribution in [2.45, 2.75) is 193 Å². The van der Waals surface area contributed by atoms with E-state index in [9.17, 15) is 19.5 Å². The summed E-state index contributed by atoms with van der Waals surface area (Å²) < 4.78 is 22.8. The number of unbranched alkanes of at least 4 members (excludes halogenated alkanes) is 14. The second kappa shape index (κ2) is 46.7. The molecule has 9 heteroatoms. The van der Waals surface area contributed by atoms with Gasteiger partial charge in [-0.25, -0.2) is 4.79 Å². The average Bonchev–Trinajstić information content (AvgIpc) is 3.27. The van der Waals surface area contributed by atoms with Crippen LogP contribution in [0.2, 0.25) is 0 Å². The van der Waals surface area contributed by atoms with Gasteiger partial charge in [0.2, 0.25) is 0 Å². The molecule has 0 aromatic heterocycles. The Morgan fingerprint density at radius 2 is 0.831 bits per heavy atom. The van der Waals surface area contributed by atoms with Gasteiger partial charge in [0, 0.05) is 12.8 Å². The number of aliphatic carboxylic acids is 1. The Kier molecular flexibility index (Phi) is 44.0. The third-order valence-corrected chi connectivity index (χ3v) is 10.3. The molecule has 0 aliphatic heterocycles. The molecule has 370 valence electrons. The molecule has 0 aliphatic rings. The van der Waals surface area contributed by atoms with Crippen molar-refractivity contribution in [2.24, 2.45) is 0 Å². The van der Waals surface area contributed by atoms with E-state index in [1.807, 2.05) is 21.1 Å². The molecule has 2 atom stereocenters. The average molecular weight is 909 g/mol. The van der Waals surface area contributed by atoms with E-state index >= 15 is 0 Å². The molecule has 0 rings (SSSR count). The minimum Gasteiger partial charge on any atom is -0.477 e. The van der Waals surface area contributed by atoms with E-state index in [1.54, 1.807) is 0 Å². The van der Waals surface area contributed by atoms with Crippen LogP contribution in [0.5, 0.6) is 0 Å². The molecule has 0 amide bonds. The standard InChI is InChI=1S/C56H93NO8/c1-6-8-10-12-14-16-18-20-22-23-24-25-26-27-28-29-30-31-33-35-37-39-41-43-45-47-54(59)65-52(51-64-56(55(60)61)62-49-48-57(3,4)5)50-63-53(58)46-44-42-40-38-36-34-32-21-19-17-15-13-11-9-7-2/h8-11,14-17,20-22,24-25,27-28,32,52,56H,6-7,12-13,18-19,23,26,29-31,33-51H2,1-5H3/p+1/b10-8-,11-9-,16-14-,17-15-,22-20-,25-24-,28-27-,32-21-. The largest absolute Gasteiger partial charge is 0.477 e. The number of likely N-dealkylation sites (N-methyl/N-ethyl adjacent to an activating group) is 1. The molecule has 9 nitrogen and oxygen atoms in total. The predicted octanol–water partition coefficient (Wildman–Crippen LogP) is 14.2. The molecule has 1 N–H and O–H groups in total. The summed E-state index contributed by atoms with van der Waals surface area (Å²) in [5, 5.41) is 9.67. The maximum Gasteiger partial charge on any atom is 0.361 e. The van der Waals surface area contributed by atoms with Gasteiger partial charge in [-0.15, -0.1) is 0 Å². The van der Waals surface area contributed by atoms with Crippen LogP contribution in [0.25, 0.3) is 0 Å². The summed E-state index contributed by atoms with van der Waals surface area (Å²) in [4.78, 5) is 37.3. The molecule has 0 bridgehead atoms. The third-order valence-electron chi connectivity index (χ3n) is 10.3. The second-order valence-electron chi connectivity index (χ2n) is 17.7. The Bertz CT molecular complexity index is 1380. The first-order valence-corrected chi connectivity index (χ1v) is 25.4. The topological polar surface area (TPSA) is 108 Å². The van der Waals surface area contributed by atoms with Crippen molar-refractivity contribution in [2.75, 3.05) is 47.5 Å². The zero-order chi connectivity index (χ0) is 47.7. The molecule has 65 heavy (non-hydrogen) atoms. The zero-order valence-electron chi connectivity index (χ0n) is 41.9. The van der Waals surface area contributed by atoms with E-state index < -0.39 is 24.3 Å². The number of nitrogens with zero attached hydrogens (tertiary/aromatic N) is 1. The Hall–Kier alpha value is -3.79. The molecular formula is C56H94NO8+. The normalized spacial score (nSPS) is 13.7. The number of hydrogen-bond acceptors (Lipinski definition) is 7. The van der Waals surface area contributed by atoms with Crippen molar-refractivity contribution < 1.29 is 42.9 Å². The van der Waals surface area contributed by atoms with Gasteiger partial charge in [-0.3, -0.25) is 9.59 Å². The van der Waals surface area contributed by atoms with Gasteiger partial charge in [0.05, 0.1) is 34.4 Å². The van der Waals surface area contributed by atoms with E-state index in [1.165, 1.54) is 32.1 Å². The Labute approximate surface area is 397 Å². The van der Waals surface area contributed by atoms with Gasteiger partial charge in [0.15, 0.2) is 6.10 Å². The van der Waals surface area contributed by atoms with E-state index in [0.717, 1.165) is 116 Å². The lowest BCUT2D eigenvalue weighted by molar-refractivity contribution is -0.870. The fourth-order valence-electron chi connectivity index (χ4n) is 6.46. The highest BCUT2D eigenvalue weighted by atomic mass is 16.7. The first kappa shape index (κ1) is 61.2. The molecule has 0 saturated heterocycles. The lowest BCUT2D eigenvalue weighted by atomic mass is 10.1. The van der Waals surface area contributed by atoms with E-state index in [0.29, 0.717) is 17.4 Å². The van der Waals surface area contributed by atoms with Gasteiger partial charge in [0.1, 0.15) is 13.2 Å². The third kappa shape index (κ3) is 48.0. The first-order valence-electron chi connectivity index (χ1n) is 25.4. The van der Waals surface area contributed by atoms with E-state index in [2.05, 4.69) is 111 Å². The van der Waals surface area contributed by atoms with E-state index in [4.69, 9.17) is 18.9 Å². The first-order chi connectivity index (χ1) is 31.6. The number of ether oxygens (including phenoxy) is 4. The summed E-state index contributed by atoms with van der Waals surface area (Å²) in [5.41, 5.74) is 0. The lowest BCUT2D eigenvalue weighted by Gasteiger charge is -2.25. The smallest absolute Gasteiger partial charge is 0.361 e. The van der Waals surface area contributed by atoms with Crippen molar-refractivity contribution in [1.29, 1.82) is 0 Å². The number of carboxylic acid groups (broad SMARTS) is 1. The number of quaternary nitrogens is 1. The van der Waals surface area contributed by atoms with Gasteiger partial charge in [-0.1, -0.05) is 175 Å². The van der Waals surface area contributed by atoms with Gasteiger partial charge < -0.3 is 28.5 Å². The molecule has 0 aromatic carbocycles. The van der Waals surface area contributed by atoms with Gasteiger partial charge in [-0.05, 0) is 89.9 Å². The maximum absolute atomic E-state index is 12.8. The summed E-state index contributed by atoms with van der Waals surface area (Å²) in [6.07, 6.45) is 59.0. The number of allylic oxidation sites excluding steroid dienone is 16. The maximum atomic E-state index is 12.8. The molecule has 0 aliphatic carbocycles. The number of esters is 2. The molecule has 0 saturated carbocycles.